The Kier molecular flexibility index (Phi) is 7.95. The number of carbonyl (C=O) groups is 2. The Morgan fingerprint density at radius 1 is 0.946 bits per heavy atom. The first-order valence-corrected chi connectivity index (χ1v) is 11.8. The number of anilines is 1. The molecule has 0 saturated carbocycles. The molecule has 0 aliphatic carbocycles. The van der Waals surface area contributed by atoms with Gasteiger partial charge in [0.15, 0.2) is 5.96 Å². The summed E-state index contributed by atoms with van der Waals surface area (Å²) >= 11 is 0. The van der Waals surface area contributed by atoms with Gasteiger partial charge in [-0.3, -0.25) is 15.0 Å². The van der Waals surface area contributed by atoms with Crippen molar-refractivity contribution in [3.8, 4) is 11.1 Å². The molecule has 0 bridgehead atoms. The molecule has 2 amide bonds. The van der Waals surface area contributed by atoms with Crippen LogP contribution in [0.5, 0.6) is 0 Å². The van der Waals surface area contributed by atoms with Crippen LogP contribution in [0, 0.1) is 5.41 Å². The van der Waals surface area contributed by atoms with E-state index < -0.39 is 17.6 Å². The van der Waals surface area contributed by atoms with Crippen molar-refractivity contribution in [1.82, 2.24) is 10.6 Å². The Morgan fingerprint density at radius 3 is 2.35 bits per heavy atom. The van der Waals surface area contributed by atoms with Crippen LogP contribution in [0.2, 0.25) is 0 Å². The number of fused-ring (bicyclic) bond motifs is 1. The maximum atomic E-state index is 13.1. The molecular formula is C28H27N5O4. The normalized spacial score (nSPS) is 11.5. The summed E-state index contributed by atoms with van der Waals surface area (Å²) in [7, 11) is 0. The van der Waals surface area contributed by atoms with E-state index >= 15 is 0 Å². The number of nitrogens with two attached hydrogens (primary N) is 1. The lowest BCUT2D eigenvalue weighted by molar-refractivity contribution is -0.118. The molecule has 0 spiro atoms. The molecule has 0 radical (unpaired) electrons. The summed E-state index contributed by atoms with van der Waals surface area (Å²) in [4.78, 5) is 38.4. The Hall–Kier alpha value is -4.92. The lowest BCUT2D eigenvalue weighted by Gasteiger charge is -2.19. The van der Waals surface area contributed by atoms with E-state index in [-0.39, 0.29) is 11.9 Å². The highest BCUT2D eigenvalue weighted by Crippen LogP contribution is 2.23. The molecule has 0 aliphatic heterocycles. The largest absolute Gasteiger partial charge is 0.422 e. The maximum Gasteiger partial charge on any atom is 0.344 e. The van der Waals surface area contributed by atoms with E-state index in [1.54, 1.807) is 54.6 Å². The second-order valence-electron chi connectivity index (χ2n) is 8.43. The van der Waals surface area contributed by atoms with Crippen LogP contribution in [0.15, 0.2) is 94.1 Å². The van der Waals surface area contributed by atoms with Gasteiger partial charge in [-0.15, -0.1) is 0 Å². The summed E-state index contributed by atoms with van der Waals surface area (Å²) in [5.41, 5.74) is 7.24. The van der Waals surface area contributed by atoms with Gasteiger partial charge < -0.3 is 26.1 Å². The van der Waals surface area contributed by atoms with Crippen LogP contribution in [-0.4, -0.2) is 30.4 Å². The third kappa shape index (κ3) is 6.61. The van der Waals surface area contributed by atoms with E-state index in [4.69, 9.17) is 15.6 Å². The van der Waals surface area contributed by atoms with Gasteiger partial charge in [0.05, 0.1) is 5.56 Å². The predicted molar refractivity (Wildman–Crippen MR) is 143 cm³/mol. The van der Waals surface area contributed by atoms with Crippen molar-refractivity contribution < 1.29 is 14.0 Å². The summed E-state index contributed by atoms with van der Waals surface area (Å²) in [5.74, 6) is -0.963. The summed E-state index contributed by atoms with van der Waals surface area (Å²) in [5, 5.41) is 16.2. The highest BCUT2D eigenvalue weighted by atomic mass is 16.4. The van der Waals surface area contributed by atoms with Crippen molar-refractivity contribution in [3.05, 3.63) is 101 Å². The molecule has 1 aromatic heterocycles. The minimum atomic E-state index is -0.843. The van der Waals surface area contributed by atoms with Crippen molar-refractivity contribution >= 4 is 34.4 Å². The highest BCUT2D eigenvalue weighted by Gasteiger charge is 2.22. The standard InChI is InChI=1S/C28H27N5O4/c29-28(30)31-15-7-12-23(33-25(34)19-10-5-2-6-11-19)26(35)32-21-14-13-20-16-22(18-8-3-1-4-9-18)27(36)37-24(20)17-21/h1-6,8-11,13-14,16-17,23H,7,12,15H2,(H,32,35)(H,33,34)(H4,29,30,31)/t23-/m0/s1. The number of nitrogens with one attached hydrogen (secondary N) is 4. The smallest absolute Gasteiger partial charge is 0.344 e. The van der Waals surface area contributed by atoms with E-state index in [2.05, 4.69) is 16.0 Å². The summed E-state index contributed by atoms with van der Waals surface area (Å²) < 4.78 is 5.54. The summed E-state index contributed by atoms with van der Waals surface area (Å²) in [6, 6.07) is 23.8. The second-order valence-corrected chi connectivity index (χ2v) is 8.43. The van der Waals surface area contributed by atoms with E-state index in [1.807, 2.05) is 30.3 Å². The third-order valence-electron chi connectivity index (χ3n) is 5.73. The number of hydrogen-bond acceptors (Lipinski definition) is 5. The van der Waals surface area contributed by atoms with Gasteiger partial charge in [-0.25, -0.2) is 4.79 Å². The van der Waals surface area contributed by atoms with Crippen LogP contribution in [0.25, 0.3) is 22.1 Å². The van der Waals surface area contributed by atoms with E-state index in [0.717, 1.165) is 5.56 Å². The van der Waals surface area contributed by atoms with Crippen LogP contribution < -0.4 is 27.3 Å². The molecule has 1 heterocycles. The van der Waals surface area contributed by atoms with Gasteiger partial charge in [0.1, 0.15) is 11.6 Å². The fourth-order valence-electron chi connectivity index (χ4n) is 3.87. The first kappa shape index (κ1) is 25.2. The number of guanidine groups is 1. The van der Waals surface area contributed by atoms with Crippen LogP contribution in [0.1, 0.15) is 23.2 Å². The van der Waals surface area contributed by atoms with Gasteiger partial charge in [-0.1, -0.05) is 48.5 Å². The fraction of sp³-hybridized carbons (Fsp3) is 0.143. The molecular weight excluding hydrogens is 470 g/mol. The van der Waals surface area contributed by atoms with Crippen LogP contribution in [0.4, 0.5) is 5.69 Å². The first-order chi connectivity index (χ1) is 17.9. The number of benzene rings is 3. The molecule has 9 nitrogen and oxygen atoms in total. The predicted octanol–water partition coefficient (Wildman–Crippen LogP) is 3.46. The summed E-state index contributed by atoms with van der Waals surface area (Å²) in [6.07, 6.45) is 0.801. The van der Waals surface area contributed by atoms with Gasteiger partial charge in [0.2, 0.25) is 5.91 Å². The molecule has 188 valence electrons. The van der Waals surface area contributed by atoms with Crippen LogP contribution >= 0.6 is 0 Å². The average Bonchev–Trinajstić information content (AvgIpc) is 2.90. The zero-order valence-electron chi connectivity index (χ0n) is 20.0. The van der Waals surface area contributed by atoms with Crippen molar-refractivity contribution in [2.45, 2.75) is 18.9 Å². The lowest BCUT2D eigenvalue weighted by Crippen LogP contribution is -2.44. The van der Waals surface area contributed by atoms with Crippen molar-refractivity contribution in [3.63, 3.8) is 0 Å². The van der Waals surface area contributed by atoms with Crippen molar-refractivity contribution in [2.24, 2.45) is 5.73 Å². The minimum absolute atomic E-state index is 0.164. The van der Waals surface area contributed by atoms with Crippen molar-refractivity contribution in [2.75, 3.05) is 11.9 Å². The number of hydrogen-bond donors (Lipinski definition) is 5. The highest BCUT2D eigenvalue weighted by molar-refractivity contribution is 6.01. The minimum Gasteiger partial charge on any atom is -0.422 e. The number of rotatable bonds is 9. The monoisotopic (exact) mass is 497 g/mol. The quantitative estimate of drug-likeness (QED) is 0.103. The molecule has 0 fully saturated rings. The molecule has 9 heteroatoms. The van der Waals surface area contributed by atoms with Gasteiger partial charge in [0.25, 0.3) is 5.91 Å². The van der Waals surface area contributed by atoms with E-state index in [1.165, 1.54) is 0 Å². The molecule has 1 atom stereocenters. The van der Waals surface area contributed by atoms with Crippen molar-refractivity contribution in [1.29, 1.82) is 5.41 Å². The van der Waals surface area contributed by atoms with Gasteiger partial charge in [-0.05, 0) is 48.7 Å². The SMILES string of the molecule is N=C(N)NCCC[C@H](NC(=O)c1ccccc1)C(=O)Nc1ccc2cc(-c3ccccc3)c(=O)oc2c1. The molecule has 0 aliphatic rings. The molecule has 6 N–H and O–H groups in total. The number of carbonyl (C=O) groups excluding carboxylic acids is 2. The second kappa shape index (κ2) is 11.7. The zero-order chi connectivity index (χ0) is 26.2. The molecule has 37 heavy (non-hydrogen) atoms. The maximum absolute atomic E-state index is 13.1. The van der Waals surface area contributed by atoms with E-state index in [0.29, 0.717) is 47.2 Å². The van der Waals surface area contributed by atoms with Crippen LogP contribution in [0.3, 0.4) is 0 Å². The average molecular weight is 498 g/mol. The van der Waals surface area contributed by atoms with Crippen LogP contribution in [-0.2, 0) is 4.79 Å². The molecule has 3 aromatic carbocycles. The molecule has 4 aromatic rings. The Labute approximate surface area is 213 Å². The molecule has 0 saturated heterocycles. The summed E-state index contributed by atoms with van der Waals surface area (Å²) in [6.45, 7) is 0.380. The van der Waals surface area contributed by atoms with Gasteiger partial charge >= 0.3 is 5.63 Å². The Morgan fingerprint density at radius 2 is 1.65 bits per heavy atom. The fourth-order valence-corrected chi connectivity index (χ4v) is 3.87. The molecule has 4 rings (SSSR count). The zero-order valence-corrected chi connectivity index (χ0v) is 20.0. The first-order valence-electron chi connectivity index (χ1n) is 11.8. The van der Waals surface area contributed by atoms with Gasteiger partial charge in [-0.2, -0.15) is 0 Å². The third-order valence-corrected chi connectivity index (χ3v) is 5.73. The Bertz CT molecular complexity index is 1470. The molecule has 0 unspecified atom stereocenters. The van der Waals surface area contributed by atoms with Gasteiger partial charge in [0, 0.05) is 29.2 Å². The number of amides is 2. The van der Waals surface area contributed by atoms with E-state index in [9.17, 15) is 14.4 Å². The Balaban J connectivity index is 1.51. The lowest BCUT2D eigenvalue weighted by atomic mass is 10.1. The topological polar surface area (TPSA) is 150 Å².